The van der Waals surface area contributed by atoms with E-state index < -0.39 is 0 Å². The van der Waals surface area contributed by atoms with Crippen molar-refractivity contribution in [1.82, 2.24) is 15.3 Å². The van der Waals surface area contributed by atoms with Gasteiger partial charge in [0, 0.05) is 24.9 Å². The van der Waals surface area contributed by atoms with Gasteiger partial charge in [-0.2, -0.15) is 4.98 Å². The third kappa shape index (κ3) is 4.82. The minimum atomic E-state index is -0.331. The number of nitrogens with zero attached hydrogens (tertiary/aromatic N) is 2. The first-order chi connectivity index (χ1) is 9.85. The van der Waals surface area contributed by atoms with Crippen molar-refractivity contribution in [2.24, 2.45) is 0 Å². The standard InChI is InChI=1S/C14H21ClN4O2/c1-14(2,3)19-12(20)10-8-17-13(15)18-11(10)16-7-9-5-4-6-21-9/h8-9H,4-7H2,1-3H3,(H,19,20)(H,16,17,18). The van der Waals surface area contributed by atoms with Crippen molar-refractivity contribution in [3.63, 3.8) is 0 Å². The molecule has 1 saturated heterocycles. The summed E-state index contributed by atoms with van der Waals surface area (Å²) >= 11 is 5.82. The SMILES string of the molecule is CC(C)(C)NC(=O)c1cnc(Cl)nc1NCC1CCCO1. The molecule has 0 saturated carbocycles. The molecule has 1 atom stereocenters. The third-order valence-corrected chi connectivity index (χ3v) is 3.20. The van der Waals surface area contributed by atoms with Crippen LogP contribution in [-0.2, 0) is 4.74 Å². The Hall–Kier alpha value is -1.40. The van der Waals surface area contributed by atoms with Crippen LogP contribution in [0.15, 0.2) is 6.20 Å². The maximum atomic E-state index is 12.3. The smallest absolute Gasteiger partial charge is 0.257 e. The molecule has 1 unspecified atom stereocenters. The zero-order valence-corrected chi connectivity index (χ0v) is 13.3. The van der Waals surface area contributed by atoms with Crippen LogP contribution in [0.4, 0.5) is 5.82 Å². The Morgan fingerprint density at radius 1 is 1.52 bits per heavy atom. The molecule has 7 heteroatoms. The summed E-state index contributed by atoms with van der Waals surface area (Å²) in [4.78, 5) is 20.3. The average Bonchev–Trinajstić information content (AvgIpc) is 2.87. The van der Waals surface area contributed by atoms with Crippen molar-refractivity contribution in [2.45, 2.75) is 45.3 Å². The van der Waals surface area contributed by atoms with Crippen molar-refractivity contribution < 1.29 is 9.53 Å². The molecule has 1 aromatic rings. The van der Waals surface area contributed by atoms with Crippen LogP contribution in [-0.4, -0.2) is 40.7 Å². The summed E-state index contributed by atoms with van der Waals surface area (Å²) in [7, 11) is 0. The fraction of sp³-hybridized carbons (Fsp3) is 0.643. The summed E-state index contributed by atoms with van der Waals surface area (Å²) in [5, 5.41) is 6.14. The predicted octanol–water partition coefficient (Wildman–Crippen LogP) is 2.25. The molecule has 0 spiro atoms. The fourth-order valence-corrected chi connectivity index (χ4v) is 2.22. The highest BCUT2D eigenvalue weighted by Gasteiger charge is 2.21. The Morgan fingerprint density at radius 3 is 2.90 bits per heavy atom. The number of nitrogens with one attached hydrogen (secondary N) is 2. The summed E-state index contributed by atoms with van der Waals surface area (Å²) in [6.45, 7) is 7.14. The first-order valence-electron chi connectivity index (χ1n) is 7.06. The molecule has 0 radical (unpaired) electrons. The summed E-state index contributed by atoms with van der Waals surface area (Å²) in [6, 6.07) is 0. The van der Waals surface area contributed by atoms with E-state index in [2.05, 4.69) is 20.6 Å². The van der Waals surface area contributed by atoms with Crippen LogP contribution in [0.5, 0.6) is 0 Å². The van der Waals surface area contributed by atoms with Crippen molar-refractivity contribution in [3.05, 3.63) is 17.0 Å². The van der Waals surface area contributed by atoms with Gasteiger partial charge >= 0.3 is 0 Å². The lowest BCUT2D eigenvalue weighted by Crippen LogP contribution is -2.41. The zero-order chi connectivity index (χ0) is 15.5. The molecule has 1 aliphatic heterocycles. The Bertz CT molecular complexity index is 510. The molecule has 2 rings (SSSR count). The van der Waals surface area contributed by atoms with Crippen LogP contribution in [0, 0.1) is 0 Å². The van der Waals surface area contributed by atoms with Gasteiger partial charge in [-0.05, 0) is 45.2 Å². The van der Waals surface area contributed by atoms with Gasteiger partial charge in [0.25, 0.3) is 5.91 Å². The number of amides is 1. The Balaban J connectivity index is 2.10. The van der Waals surface area contributed by atoms with Gasteiger partial charge in [0.2, 0.25) is 5.28 Å². The van der Waals surface area contributed by atoms with Gasteiger partial charge in [-0.15, -0.1) is 0 Å². The van der Waals surface area contributed by atoms with E-state index in [1.165, 1.54) is 6.20 Å². The molecule has 2 heterocycles. The fourth-order valence-electron chi connectivity index (χ4n) is 2.08. The number of ether oxygens (including phenoxy) is 1. The highest BCUT2D eigenvalue weighted by atomic mass is 35.5. The topological polar surface area (TPSA) is 76.1 Å². The summed E-state index contributed by atoms with van der Waals surface area (Å²) in [5.74, 6) is 0.209. The molecular weight excluding hydrogens is 292 g/mol. The van der Waals surface area contributed by atoms with E-state index in [-0.39, 0.29) is 22.8 Å². The second-order valence-electron chi connectivity index (χ2n) is 6.12. The lowest BCUT2D eigenvalue weighted by atomic mass is 10.1. The van der Waals surface area contributed by atoms with E-state index in [4.69, 9.17) is 16.3 Å². The lowest BCUT2D eigenvalue weighted by molar-refractivity contribution is 0.0919. The molecule has 21 heavy (non-hydrogen) atoms. The predicted molar refractivity (Wildman–Crippen MR) is 81.7 cm³/mol. The van der Waals surface area contributed by atoms with E-state index in [0.717, 1.165) is 19.4 Å². The van der Waals surface area contributed by atoms with E-state index >= 15 is 0 Å². The van der Waals surface area contributed by atoms with Gasteiger partial charge in [0.05, 0.1) is 6.10 Å². The van der Waals surface area contributed by atoms with Crippen LogP contribution >= 0.6 is 11.6 Å². The van der Waals surface area contributed by atoms with Crippen molar-refractivity contribution in [1.29, 1.82) is 0 Å². The highest BCUT2D eigenvalue weighted by molar-refractivity contribution is 6.28. The van der Waals surface area contributed by atoms with Gasteiger partial charge in [0.1, 0.15) is 11.4 Å². The van der Waals surface area contributed by atoms with Crippen LogP contribution < -0.4 is 10.6 Å². The Kier molecular flexibility index (Phi) is 5.00. The van der Waals surface area contributed by atoms with Gasteiger partial charge < -0.3 is 15.4 Å². The molecule has 6 nitrogen and oxygen atoms in total. The second kappa shape index (κ2) is 6.58. The lowest BCUT2D eigenvalue weighted by Gasteiger charge is -2.21. The minimum Gasteiger partial charge on any atom is -0.376 e. The molecule has 1 aliphatic rings. The summed E-state index contributed by atoms with van der Waals surface area (Å²) in [6.07, 6.45) is 3.66. The van der Waals surface area contributed by atoms with E-state index in [9.17, 15) is 4.79 Å². The van der Waals surface area contributed by atoms with E-state index in [0.29, 0.717) is 17.9 Å². The van der Waals surface area contributed by atoms with Crippen molar-refractivity contribution in [2.75, 3.05) is 18.5 Å². The number of anilines is 1. The molecule has 1 aromatic heterocycles. The maximum Gasteiger partial charge on any atom is 0.257 e. The quantitative estimate of drug-likeness (QED) is 0.834. The maximum absolute atomic E-state index is 12.3. The molecule has 1 fully saturated rings. The minimum absolute atomic E-state index is 0.108. The molecule has 1 amide bonds. The van der Waals surface area contributed by atoms with Gasteiger partial charge in [-0.25, -0.2) is 4.98 Å². The van der Waals surface area contributed by atoms with Crippen LogP contribution in [0.3, 0.4) is 0 Å². The van der Waals surface area contributed by atoms with Crippen LogP contribution in [0.25, 0.3) is 0 Å². The Morgan fingerprint density at radius 2 is 2.29 bits per heavy atom. The number of carbonyl (C=O) groups is 1. The van der Waals surface area contributed by atoms with E-state index in [1.54, 1.807) is 0 Å². The molecular formula is C14H21ClN4O2. The monoisotopic (exact) mass is 312 g/mol. The summed E-state index contributed by atoms with van der Waals surface area (Å²) in [5.41, 5.74) is 0.0510. The molecule has 2 N–H and O–H groups in total. The molecule has 116 valence electrons. The molecule has 0 aliphatic carbocycles. The van der Waals surface area contributed by atoms with Gasteiger partial charge in [-0.1, -0.05) is 0 Å². The third-order valence-electron chi connectivity index (χ3n) is 3.01. The van der Waals surface area contributed by atoms with Crippen LogP contribution in [0.1, 0.15) is 44.0 Å². The summed E-state index contributed by atoms with van der Waals surface area (Å²) < 4.78 is 5.55. The normalized spacial score (nSPS) is 18.6. The molecule has 0 bridgehead atoms. The second-order valence-corrected chi connectivity index (χ2v) is 6.46. The number of rotatable bonds is 4. The number of carbonyl (C=O) groups excluding carboxylic acids is 1. The van der Waals surface area contributed by atoms with Gasteiger partial charge in [0.15, 0.2) is 0 Å². The van der Waals surface area contributed by atoms with Crippen LogP contribution in [0.2, 0.25) is 5.28 Å². The zero-order valence-electron chi connectivity index (χ0n) is 12.6. The van der Waals surface area contributed by atoms with Crippen molar-refractivity contribution in [3.8, 4) is 0 Å². The number of hydrogen-bond acceptors (Lipinski definition) is 5. The highest BCUT2D eigenvalue weighted by Crippen LogP contribution is 2.18. The average molecular weight is 313 g/mol. The molecule has 0 aromatic carbocycles. The Labute approximate surface area is 129 Å². The van der Waals surface area contributed by atoms with E-state index in [1.807, 2.05) is 20.8 Å². The van der Waals surface area contributed by atoms with Gasteiger partial charge in [-0.3, -0.25) is 4.79 Å². The largest absolute Gasteiger partial charge is 0.376 e. The first-order valence-corrected chi connectivity index (χ1v) is 7.43. The first kappa shape index (κ1) is 16.0. The van der Waals surface area contributed by atoms with Crippen molar-refractivity contribution >= 4 is 23.3 Å². The number of hydrogen-bond donors (Lipinski definition) is 2. The number of aromatic nitrogens is 2. The number of halogens is 1.